The Bertz CT molecular complexity index is 944. The van der Waals surface area contributed by atoms with Gasteiger partial charge < -0.3 is 20.3 Å². The minimum Gasteiger partial charge on any atom is -0.383 e. The van der Waals surface area contributed by atoms with Crippen LogP contribution < -0.4 is 21.9 Å². The molecule has 0 aliphatic carbocycles. The molecule has 1 aromatic rings. The van der Waals surface area contributed by atoms with Crippen LogP contribution in [0.2, 0.25) is 0 Å². The maximum Gasteiger partial charge on any atom is 0.330 e. The Balaban J connectivity index is 2.03. The van der Waals surface area contributed by atoms with Crippen LogP contribution in [0.5, 0.6) is 0 Å². The van der Waals surface area contributed by atoms with Crippen molar-refractivity contribution in [3.63, 3.8) is 0 Å². The van der Waals surface area contributed by atoms with Crippen molar-refractivity contribution in [2.24, 2.45) is 0 Å². The number of ether oxygens (including phenoxy) is 1. The van der Waals surface area contributed by atoms with Gasteiger partial charge in [-0.1, -0.05) is 13.3 Å². The predicted molar refractivity (Wildman–Crippen MR) is 116 cm³/mol. The first-order valence-electron chi connectivity index (χ1n) is 10.1. The number of nitrogen functional groups attached to an aromatic ring is 1. The van der Waals surface area contributed by atoms with Gasteiger partial charge in [0.25, 0.3) is 11.5 Å². The zero-order chi connectivity index (χ0) is 22.1. The van der Waals surface area contributed by atoms with Crippen molar-refractivity contribution < 1.29 is 14.3 Å². The molecular weight excluding hydrogens is 410 g/mol. The summed E-state index contributed by atoms with van der Waals surface area (Å²) >= 11 is 1.57. The number of nitrogens with zero attached hydrogens (tertiary/aromatic N) is 3. The number of fused-ring (bicyclic) bond motifs is 1. The molecule has 11 heteroatoms. The van der Waals surface area contributed by atoms with E-state index in [1.165, 1.54) is 16.6 Å². The fraction of sp³-hybridized carbons (Fsp3) is 0.684. The SMILES string of the molecule is CCCCn1c(N)c(N(CCOC)C(=O)C2CSC3(C)CCC(=O)N23)c(=O)[nH]c1=O. The van der Waals surface area contributed by atoms with E-state index in [1.807, 2.05) is 13.8 Å². The van der Waals surface area contributed by atoms with E-state index in [1.54, 1.807) is 16.7 Å². The lowest BCUT2D eigenvalue weighted by molar-refractivity contribution is -0.136. The lowest BCUT2D eigenvalue weighted by Gasteiger charge is -2.33. The average Bonchev–Trinajstić information content (AvgIpc) is 3.19. The van der Waals surface area contributed by atoms with Crippen LogP contribution in [0.15, 0.2) is 9.59 Å². The zero-order valence-electron chi connectivity index (χ0n) is 17.6. The second kappa shape index (κ2) is 8.84. The number of anilines is 2. The van der Waals surface area contributed by atoms with Gasteiger partial charge in [-0.25, -0.2) is 4.79 Å². The first-order valence-corrected chi connectivity index (χ1v) is 11.1. The van der Waals surface area contributed by atoms with Gasteiger partial charge >= 0.3 is 5.69 Å². The number of aromatic nitrogens is 2. The molecule has 0 aromatic carbocycles. The van der Waals surface area contributed by atoms with Crippen LogP contribution in [0.25, 0.3) is 0 Å². The monoisotopic (exact) mass is 439 g/mol. The summed E-state index contributed by atoms with van der Waals surface area (Å²) in [4.78, 5) is 55.8. The Kier molecular flexibility index (Phi) is 6.61. The molecule has 2 saturated heterocycles. The molecule has 1 aromatic heterocycles. The summed E-state index contributed by atoms with van der Waals surface area (Å²) in [7, 11) is 1.49. The molecule has 30 heavy (non-hydrogen) atoms. The second-order valence-corrected chi connectivity index (χ2v) is 9.25. The normalized spacial score (nSPS) is 23.1. The highest BCUT2D eigenvalue weighted by molar-refractivity contribution is 8.01. The van der Waals surface area contributed by atoms with Crippen LogP contribution in [0, 0.1) is 0 Å². The van der Waals surface area contributed by atoms with Crippen molar-refractivity contribution in [3.05, 3.63) is 20.8 Å². The minimum atomic E-state index is -0.726. The highest BCUT2D eigenvalue weighted by Gasteiger charge is 2.54. The summed E-state index contributed by atoms with van der Waals surface area (Å²) in [5.41, 5.74) is 4.82. The van der Waals surface area contributed by atoms with Crippen LogP contribution >= 0.6 is 11.8 Å². The highest BCUT2D eigenvalue weighted by Crippen LogP contribution is 2.47. The van der Waals surface area contributed by atoms with Crippen molar-refractivity contribution in [1.29, 1.82) is 0 Å². The first-order chi connectivity index (χ1) is 14.2. The van der Waals surface area contributed by atoms with E-state index in [-0.39, 0.29) is 30.6 Å². The van der Waals surface area contributed by atoms with Gasteiger partial charge in [0.05, 0.1) is 11.5 Å². The van der Waals surface area contributed by atoms with Gasteiger partial charge in [-0.15, -0.1) is 11.8 Å². The molecule has 10 nitrogen and oxygen atoms in total. The maximum atomic E-state index is 13.6. The standard InChI is InChI=1S/C19H29N5O5S/c1-4-5-8-23-15(20)14(16(26)21-18(23)28)22(9-10-29-3)17(27)12-11-30-19(2)7-6-13(25)24(12)19/h12H,4-11,20H2,1-3H3,(H,21,26,28). The Labute approximate surface area is 178 Å². The number of amides is 2. The fourth-order valence-electron chi connectivity index (χ4n) is 4.07. The zero-order valence-corrected chi connectivity index (χ0v) is 18.4. The number of nitrogens with two attached hydrogens (primary N) is 1. The lowest BCUT2D eigenvalue weighted by atomic mass is 10.2. The lowest BCUT2D eigenvalue weighted by Crippen LogP contribution is -2.53. The number of carbonyl (C=O) groups excluding carboxylic acids is 2. The number of H-pyrrole nitrogens is 1. The average molecular weight is 440 g/mol. The molecule has 2 aliphatic rings. The molecule has 2 unspecified atom stereocenters. The Morgan fingerprint density at radius 2 is 2.13 bits per heavy atom. The predicted octanol–water partition coefficient (Wildman–Crippen LogP) is 0.352. The summed E-state index contributed by atoms with van der Waals surface area (Å²) in [6.07, 6.45) is 2.61. The molecule has 166 valence electrons. The number of hydrogen-bond acceptors (Lipinski definition) is 7. The van der Waals surface area contributed by atoms with E-state index in [9.17, 15) is 19.2 Å². The van der Waals surface area contributed by atoms with Crippen molar-refractivity contribution in [3.8, 4) is 0 Å². The molecule has 2 fully saturated rings. The van der Waals surface area contributed by atoms with Crippen LogP contribution in [0.1, 0.15) is 39.5 Å². The van der Waals surface area contributed by atoms with Gasteiger partial charge in [0, 0.05) is 32.4 Å². The third-order valence-electron chi connectivity index (χ3n) is 5.73. The van der Waals surface area contributed by atoms with Crippen molar-refractivity contribution >= 4 is 35.1 Å². The van der Waals surface area contributed by atoms with E-state index >= 15 is 0 Å². The van der Waals surface area contributed by atoms with Crippen LogP contribution in [-0.2, 0) is 20.9 Å². The molecule has 3 rings (SSSR count). The molecule has 2 atom stereocenters. The van der Waals surface area contributed by atoms with E-state index in [0.29, 0.717) is 31.6 Å². The number of carbonyl (C=O) groups is 2. The van der Waals surface area contributed by atoms with Gasteiger partial charge in [-0.2, -0.15) is 0 Å². The quantitative estimate of drug-likeness (QED) is 0.598. The summed E-state index contributed by atoms with van der Waals surface area (Å²) in [6, 6.07) is -0.693. The summed E-state index contributed by atoms with van der Waals surface area (Å²) < 4.78 is 6.41. The van der Waals surface area contributed by atoms with Crippen LogP contribution in [0.4, 0.5) is 11.5 Å². The topological polar surface area (TPSA) is 131 Å². The number of unbranched alkanes of at least 4 members (excludes halogenated alkanes) is 1. The number of methoxy groups -OCH3 is 1. The number of thioether (sulfide) groups is 1. The number of hydrogen-bond donors (Lipinski definition) is 2. The summed E-state index contributed by atoms with van der Waals surface area (Å²) in [5, 5.41) is 0. The van der Waals surface area contributed by atoms with E-state index < -0.39 is 28.1 Å². The van der Waals surface area contributed by atoms with Gasteiger partial charge in [0.1, 0.15) is 11.9 Å². The van der Waals surface area contributed by atoms with Gasteiger partial charge in [-0.05, 0) is 19.8 Å². The highest BCUT2D eigenvalue weighted by atomic mass is 32.2. The Morgan fingerprint density at radius 1 is 1.40 bits per heavy atom. The Hall–Kier alpha value is -2.27. The molecule has 2 aliphatic heterocycles. The van der Waals surface area contributed by atoms with Gasteiger partial charge in [0.2, 0.25) is 5.91 Å². The third-order valence-corrected chi connectivity index (χ3v) is 7.24. The number of nitrogens with one attached hydrogen (secondary N) is 1. The van der Waals surface area contributed by atoms with Crippen molar-refractivity contribution in [2.75, 3.05) is 36.6 Å². The van der Waals surface area contributed by atoms with Crippen molar-refractivity contribution in [1.82, 2.24) is 14.5 Å². The maximum absolute atomic E-state index is 13.6. The van der Waals surface area contributed by atoms with Gasteiger partial charge in [-0.3, -0.25) is 23.9 Å². The number of aromatic amines is 1. The number of rotatable bonds is 8. The molecule has 0 saturated carbocycles. The van der Waals surface area contributed by atoms with Gasteiger partial charge in [0.15, 0.2) is 5.69 Å². The summed E-state index contributed by atoms with van der Waals surface area (Å²) in [5.74, 6) is -0.0701. The van der Waals surface area contributed by atoms with E-state index in [2.05, 4.69) is 4.98 Å². The molecule has 2 amide bonds. The molecule has 0 spiro atoms. The third kappa shape index (κ3) is 3.87. The molecule has 0 radical (unpaired) electrons. The fourth-order valence-corrected chi connectivity index (χ4v) is 5.50. The molecule has 3 heterocycles. The van der Waals surface area contributed by atoms with Crippen LogP contribution in [-0.4, -0.2) is 63.2 Å². The molecular formula is C19H29N5O5S. The molecule has 3 N–H and O–H groups in total. The largest absolute Gasteiger partial charge is 0.383 e. The molecule has 0 bridgehead atoms. The van der Waals surface area contributed by atoms with E-state index in [0.717, 1.165) is 6.42 Å². The second-order valence-electron chi connectivity index (χ2n) is 7.75. The smallest absolute Gasteiger partial charge is 0.330 e. The van der Waals surface area contributed by atoms with Crippen LogP contribution in [0.3, 0.4) is 0 Å². The Morgan fingerprint density at radius 3 is 2.80 bits per heavy atom. The minimum absolute atomic E-state index is 0.0530. The first kappa shape index (κ1) is 22.4. The summed E-state index contributed by atoms with van der Waals surface area (Å²) in [6.45, 7) is 4.52. The van der Waals surface area contributed by atoms with E-state index in [4.69, 9.17) is 10.5 Å². The van der Waals surface area contributed by atoms with Crippen molar-refractivity contribution in [2.45, 2.75) is 57.0 Å².